The first kappa shape index (κ1) is 25.0. The topological polar surface area (TPSA) is 110 Å². The van der Waals surface area contributed by atoms with Crippen LogP contribution < -0.4 is 10.1 Å². The number of carbonyl (C=O) groups is 1. The van der Waals surface area contributed by atoms with Gasteiger partial charge in [-0.15, -0.1) is 12.4 Å². The van der Waals surface area contributed by atoms with Crippen molar-refractivity contribution in [3.05, 3.63) is 78.5 Å². The lowest BCUT2D eigenvalue weighted by atomic mass is 10.1. The van der Waals surface area contributed by atoms with Gasteiger partial charge in [-0.25, -0.2) is 19.7 Å². The van der Waals surface area contributed by atoms with Crippen LogP contribution in [0.15, 0.2) is 67.1 Å². The van der Waals surface area contributed by atoms with E-state index in [2.05, 4.69) is 25.3 Å². The summed E-state index contributed by atoms with van der Waals surface area (Å²) < 4.78 is 6.05. The largest absolute Gasteiger partial charge is 0.477 e. The molecule has 1 fully saturated rings. The number of hydrogen-bond acceptors (Lipinski definition) is 7. The van der Waals surface area contributed by atoms with E-state index < -0.39 is 5.97 Å². The molecule has 1 aliphatic heterocycles. The number of hydrogen-bond donors (Lipinski definition) is 2. The van der Waals surface area contributed by atoms with Gasteiger partial charge in [-0.05, 0) is 57.1 Å². The maximum absolute atomic E-state index is 10.6. The molecule has 2 N–H and O–H groups in total. The average molecular weight is 480 g/mol. The van der Waals surface area contributed by atoms with E-state index in [4.69, 9.17) is 9.84 Å². The molecule has 0 bridgehead atoms. The van der Waals surface area contributed by atoms with E-state index in [9.17, 15) is 4.79 Å². The molecule has 1 aromatic carbocycles. The van der Waals surface area contributed by atoms with Crippen molar-refractivity contribution in [2.75, 3.05) is 13.1 Å². The van der Waals surface area contributed by atoms with E-state index in [0.29, 0.717) is 11.4 Å². The number of halogens is 1. The van der Waals surface area contributed by atoms with Gasteiger partial charge in [0, 0.05) is 35.2 Å². The summed E-state index contributed by atoms with van der Waals surface area (Å²) >= 11 is 0. The number of rotatable bonds is 4. The highest BCUT2D eigenvalue weighted by Crippen LogP contribution is 2.27. The molecular weight excluding hydrogens is 454 g/mol. The zero-order valence-corrected chi connectivity index (χ0v) is 19.5. The van der Waals surface area contributed by atoms with Crippen LogP contribution in [0.1, 0.15) is 29.0 Å². The Morgan fingerprint density at radius 1 is 1.00 bits per heavy atom. The minimum absolute atomic E-state index is 0. The van der Waals surface area contributed by atoms with Crippen LogP contribution >= 0.6 is 12.4 Å². The van der Waals surface area contributed by atoms with Gasteiger partial charge in [-0.3, -0.25) is 4.98 Å². The van der Waals surface area contributed by atoms with Crippen LogP contribution in [0.25, 0.3) is 22.2 Å². The summed E-state index contributed by atoms with van der Waals surface area (Å²) in [6, 6.07) is 14.6. The molecule has 0 unspecified atom stereocenters. The molecule has 0 aliphatic carbocycles. The molecule has 0 amide bonds. The maximum Gasteiger partial charge on any atom is 0.354 e. The Balaban J connectivity index is 0.000000201. The third-order valence-corrected chi connectivity index (χ3v) is 5.22. The highest BCUT2D eigenvalue weighted by molar-refractivity contribution is 5.89. The predicted octanol–water partition coefficient (Wildman–Crippen LogP) is 4.33. The summed E-state index contributed by atoms with van der Waals surface area (Å²) in [5, 5.41) is 13.0. The summed E-state index contributed by atoms with van der Waals surface area (Å²) in [6.45, 7) is 3.95. The van der Waals surface area contributed by atoms with Crippen LogP contribution in [-0.4, -0.2) is 50.2 Å². The number of piperidine rings is 1. The number of benzene rings is 1. The van der Waals surface area contributed by atoms with Crippen LogP contribution in [0.3, 0.4) is 0 Å². The monoisotopic (exact) mass is 479 g/mol. The summed E-state index contributed by atoms with van der Waals surface area (Å²) in [6.07, 6.45) is 7.38. The molecule has 0 saturated carbocycles. The number of aryl methyl sites for hydroxylation is 1. The third-order valence-electron chi connectivity index (χ3n) is 5.22. The number of nitrogens with one attached hydrogen (secondary N) is 1. The quantitative estimate of drug-likeness (QED) is 0.445. The van der Waals surface area contributed by atoms with Crippen molar-refractivity contribution in [1.29, 1.82) is 0 Å². The average Bonchev–Trinajstić information content (AvgIpc) is 2.85. The lowest BCUT2D eigenvalue weighted by Gasteiger charge is -2.23. The number of para-hydroxylation sites is 1. The van der Waals surface area contributed by atoms with Gasteiger partial charge >= 0.3 is 5.97 Å². The van der Waals surface area contributed by atoms with Crippen LogP contribution in [0.4, 0.5) is 0 Å². The van der Waals surface area contributed by atoms with Gasteiger partial charge in [0.1, 0.15) is 17.5 Å². The van der Waals surface area contributed by atoms with Gasteiger partial charge < -0.3 is 15.2 Å². The zero-order chi connectivity index (χ0) is 23.0. The van der Waals surface area contributed by atoms with Gasteiger partial charge in [0.15, 0.2) is 0 Å². The predicted molar refractivity (Wildman–Crippen MR) is 132 cm³/mol. The Morgan fingerprint density at radius 3 is 2.53 bits per heavy atom. The summed E-state index contributed by atoms with van der Waals surface area (Å²) in [7, 11) is 0. The standard InChI is InChI=1S/C15H18N4O.C10H7NO2.ClH/c1-11-10-12(2-7-17-11)14-15(19-9-8-18-14)20-13-3-5-16-6-4-13;12-10(13)9-6-5-7-3-1-2-4-8(7)11-9;/h2,7-10,13,16H,3-6H2,1H3;1-6H,(H,12,13);1H. The number of carboxylic acid groups (broad SMARTS) is 1. The number of ether oxygens (including phenoxy) is 1. The fraction of sp³-hybridized carbons (Fsp3) is 0.240. The van der Waals surface area contributed by atoms with E-state index in [1.54, 1.807) is 30.7 Å². The lowest BCUT2D eigenvalue weighted by molar-refractivity contribution is 0.0691. The number of fused-ring (bicyclic) bond motifs is 1. The van der Waals surface area contributed by atoms with E-state index in [-0.39, 0.29) is 24.2 Å². The Bertz CT molecular complexity index is 1250. The highest BCUT2D eigenvalue weighted by Gasteiger charge is 2.18. The second-order valence-electron chi connectivity index (χ2n) is 7.66. The smallest absolute Gasteiger partial charge is 0.354 e. The van der Waals surface area contributed by atoms with E-state index in [0.717, 1.165) is 48.3 Å². The van der Waals surface area contributed by atoms with Gasteiger partial charge in [0.05, 0.1) is 5.52 Å². The first-order chi connectivity index (χ1) is 16.1. The van der Waals surface area contributed by atoms with Crippen molar-refractivity contribution in [2.45, 2.75) is 25.9 Å². The molecule has 34 heavy (non-hydrogen) atoms. The molecule has 5 rings (SSSR count). The van der Waals surface area contributed by atoms with Crippen molar-refractivity contribution in [3.63, 3.8) is 0 Å². The Kier molecular flexibility index (Phi) is 8.84. The first-order valence-electron chi connectivity index (χ1n) is 10.8. The molecule has 4 heterocycles. The summed E-state index contributed by atoms with van der Waals surface area (Å²) in [5.41, 5.74) is 3.54. The molecule has 4 aromatic rings. The molecule has 1 aliphatic rings. The van der Waals surface area contributed by atoms with Gasteiger partial charge in [0.25, 0.3) is 0 Å². The van der Waals surface area contributed by atoms with Crippen LogP contribution in [-0.2, 0) is 0 Å². The zero-order valence-electron chi connectivity index (χ0n) is 18.7. The minimum Gasteiger partial charge on any atom is -0.477 e. The highest BCUT2D eigenvalue weighted by atomic mass is 35.5. The van der Waals surface area contributed by atoms with Gasteiger partial charge in [-0.2, -0.15) is 0 Å². The van der Waals surface area contributed by atoms with Crippen molar-refractivity contribution in [2.24, 2.45) is 0 Å². The Labute approximate surface area is 203 Å². The van der Waals surface area contributed by atoms with E-state index in [1.807, 2.05) is 37.3 Å². The molecule has 0 spiro atoms. The van der Waals surface area contributed by atoms with Crippen molar-refractivity contribution >= 4 is 29.3 Å². The van der Waals surface area contributed by atoms with Crippen molar-refractivity contribution in [1.82, 2.24) is 25.3 Å². The van der Waals surface area contributed by atoms with Crippen molar-refractivity contribution < 1.29 is 14.6 Å². The number of nitrogens with zero attached hydrogens (tertiary/aromatic N) is 4. The maximum atomic E-state index is 10.6. The van der Waals surface area contributed by atoms with Crippen LogP contribution in [0.2, 0.25) is 0 Å². The molecule has 176 valence electrons. The second-order valence-corrected chi connectivity index (χ2v) is 7.66. The molecular formula is C25H26ClN5O3. The number of aromatic nitrogens is 4. The summed E-state index contributed by atoms with van der Waals surface area (Å²) in [4.78, 5) is 27.5. The molecule has 0 atom stereocenters. The number of carboxylic acids is 1. The fourth-order valence-electron chi connectivity index (χ4n) is 3.56. The lowest BCUT2D eigenvalue weighted by Crippen LogP contribution is -2.34. The molecule has 9 heteroatoms. The Hall–Kier alpha value is -3.62. The number of aromatic carboxylic acids is 1. The van der Waals surface area contributed by atoms with Crippen molar-refractivity contribution in [3.8, 4) is 17.1 Å². The fourth-order valence-corrected chi connectivity index (χ4v) is 3.56. The normalized spacial score (nSPS) is 13.3. The molecule has 0 radical (unpaired) electrons. The summed E-state index contributed by atoms with van der Waals surface area (Å²) in [5.74, 6) is -0.379. The Morgan fingerprint density at radius 2 is 1.76 bits per heavy atom. The first-order valence-corrected chi connectivity index (χ1v) is 10.8. The third kappa shape index (κ3) is 6.46. The van der Waals surface area contributed by atoms with Gasteiger partial charge in [0.2, 0.25) is 5.88 Å². The van der Waals surface area contributed by atoms with E-state index >= 15 is 0 Å². The van der Waals surface area contributed by atoms with Gasteiger partial charge in [-0.1, -0.05) is 24.3 Å². The molecule has 3 aromatic heterocycles. The van der Waals surface area contributed by atoms with Crippen LogP contribution in [0, 0.1) is 6.92 Å². The number of pyridine rings is 2. The molecule has 8 nitrogen and oxygen atoms in total. The van der Waals surface area contributed by atoms with E-state index in [1.165, 1.54) is 6.07 Å². The second kappa shape index (κ2) is 12.0. The SMILES string of the molecule is Cc1cc(-c2nccnc2OC2CCNCC2)ccn1.Cl.O=C(O)c1ccc2ccccc2n1. The molecule has 1 saturated heterocycles. The van der Waals surface area contributed by atoms with Crippen LogP contribution in [0.5, 0.6) is 5.88 Å². The minimum atomic E-state index is -0.995.